The summed E-state index contributed by atoms with van der Waals surface area (Å²) in [5.74, 6) is -6.12. The average molecular weight is 574 g/mol. The largest absolute Gasteiger partial charge is 0.490 e. The van der Waals surface area contributed by atoms with Crippen LogP contribution in [0.25, 0.3) is 21.8 Å². The Kier molecular flexibility index (Phi) is 11.1. The van der Waals surface area contributed by atoms with Gasteiger partial charge in [-0.05, 0) is 35.9 Å². The van der Waals surface area contributed by atoms with Crippen molar-refractivity contribution >= 4 is 51.3 Å². The molecular weight excluding hydrogens is 556 g/mol. The minimum absolute atomic E-state index is 0.261. The number of halogens is 7. The van der Waals surface area contributed by atoms with E-state index in [4.69, 9.17) is 52.7 Å². The molecule has 0 fully saturated rings. The number of hydrogen-bond acceptors (Lipinski definition) is 7. The van der Waals surface area contributed by atoms with Crippen LogP contribution in [-0.2, 0) is 14.4 Å². The summed E-state index contributed by atoms with van der Waals surface area (Å²) in [4.78, 5) is 33.1. The Morgan fingerprint density at radius 2 is 1.42 bits per heavy atom. The van der Waals surface area contributed by atoms with Crippen LogP contribution in [0.5, 0.6) is 5.75 Å². The molecule has 10 nitrogen and oxygen atoms in total. The highest BCUT2D eigenvalue weighted by molar-refractivity contribution is 6.31. The van der Waals surface area contributed by atoms with Crippen molar-refractivity contribution in [2.75, 3.05) is 13.2 Å². The zero-order valence-corrected chi connectivity index (χ0v) is 19.4. The van der Waals surface area contributed by atoms with Crippen LogP contribution in [0.1, 0.15) is 11.6 Å². The molecule has 0 radical (unpaired) electrons. The van der Waals surface area contributed by atoms with E-state index in [-0.39, 0.29) is 6.54 Å². The summed E-state index contributed by atoms with van der Waals surface area (Å²) < 4.78 is 68.7. The first kappa shape index (κ1) is 32.1. The maximum absolute atomic E-state index is 10.7. The first-order chi connectivity index (χ1) is 17.4. The van der Waals surface area contributed by atoms with Crippen LogP contribution in [-0.4, -0.2) is 63.7 Å². The summed E-state index contributed by atoms with van der Waals surface area (Å²) in [6, 6.07) is 10.2. The standard InChI is InChI=1S/C17H16ClN3O3.2C2HF3O2/c18-9-1-3-11-15(5-9)21-14-4-2-10(24-8-16(22)23)6-12(14)17(11)13(20)7-19;2*3-2(4,5)1(6)7/h1-6,13H,7-8,19-20H2,(H,22,23);2*(H,6,7). The number of rotatable bonds is 5. The van der Waals surface area contributed by atoms with Gasteiger partial charge in [-0.1, -0.05) is 17.7 Å². The van der Waals surface area contributed by atoms with Crippen molar-refractivity contribution in [2.24, 2.45) is 11.5 Å². The average Bonchev–Trinajstić information content (AvgIpc) is 2.80. The lowest BCUT2D eigenvalue weighted by Crippen LogP contribution is -2.21. The summed E-state index contributed by atoms with van der Waals surface area (Å²) in [7, 11) is 0. The number of carboxylic acids is 3. The normalized spacial score (nSPS) is 12.0. The molecule has 1 aromatic heterocycles. The third-order valence-electron chi connectivity index (χ3n) is 4.22. The third kappa shape index (κ3) is 9.53. The van der Waals surface area contributed by atoms with Gasteiger partial charge in [-0.15, -0.1) is 0 Å². The maximum Gasteiger partial charge on any atom is 0.490 e. The zero-order chi connectivity index (χ0) is 29.4. The second kappa shape index (κ2) is 13.1. The van der Waals surface area contributed by atoms with Crippen LogP contribution in [0.15, 0.2) is 36.4 Å². The zero-order valence-electron chi connectivity index (χ0n) is 18.7. The van der Waals surface area contributed by atoms with E-state index in [9.17, 15) is 31.1 Å². The molecule has 0 aliphatic heterocycles. The van der Waals surface area contributed by atoms with Gasteiger partial charge in [0, 0.05) is 28.4 Å². The number of fused-ring (bicyclic) bond motifs is 2. The fourth-order valence-corrected chi connectivity index (χ4v) is 2.85. The molecule has 0 spiro atoms. The smallest absolute Gasteiger partial charge is 0.482 e. The molecule has 208 valence electrons. The van der Waals surface area contributed by atoms with Crippen molar-refractivity contribution in [3.8, 4) is 5.75 Å². The molecule has 0 saturated carbocycles. The van der Waals surface area contributed by atoms with Crippen LogP contribution in [0.2, 0.25) is 5.02 Å². The molecule has 0 aliphatic carbocycles. The van der Waals surface area contributed by atoms with E-state index in [0.29, 0.717) is 16.3 Å². The van der Waals surface area contributed by atoms with Crippen LogP contribution < -0.4 is 16.2 Å². The molecule has 0 aliphatic rings. The van der Waals surface area contributed by atoms with Crippen molar-refractivity contribution in [1.29, 1.82) is 0 Å². The number of hydrogen-bond donors (Lipinski definition) is 5. The van der Waals surface area contributed by atoms with E-state index in [1.165, 1.54) is 0 Å². The highest BCUT2D eigenvalue weighted by atomic mass is 35.5. The fourth-order valence-electron chi connectivity index (χ4n) is 2.68. The molecule has 2 aromatic carbocycles. The molecule has 7 N–H and O–H groups in total. The van der Waals surface area contributed by atoms with Crippen molar-refractivity contribution < 1.29 is 60.8 Å². The van der Waals surface area contributed by atoms with Crippen LogP contribution in [0, 0.1) is 0 Å². The second-order valence-electron chi connectivity index (χ2n) is 7.00. The van der Waals surface area contributed by atoms with Gasteiger partial charge in [0.05, 0.1) is 11.0 Å². The Bertz CT molecular complexity index is 1290. The van der Waals surface area contributed by atoms with Crippen LogP contribution in [0.3, 0.4) is 0 Å². The van der Waals surface area contributed by atoms with E-state index >= 15 is 0 Å². The second-order valence-corrected chi connectivity index (χ2v) is 7.43. The molecule has 1 unspecified atom stereocenters. The number of nitrogens with zero attached hydrogens (tertiary/aromatic N) is 1. The molecule has 0 bridgehead atoms. The van der Waals surface area contributed by atoms with E-state index in [1.54, 1.807) is 30.3 Å². The number of aliphatic carboxylic acids is 3. The van der Waals surface area contributed by atoms with E-state index in [1.807, 2.05) is 6.07 Å². The predicted molar refractivity (Wildman–Crippen MR) is 121 cm³/mol. The summed E-state index contributed by atoms with van der Waals surface area (Å²) >= 11 is 6.06. The van der Waals surface area contributed by atoms with Gasteiger partial charge in [-0.2, -0.15) is 26.3 Å². The number of carboxylic acid groups (broad SMARTS) is 3. The quantitative estimate of drug-likeness (QED) is 0.222. The molecule has 3 aromatic rings. The van der Waals surface area contributed by atoms with Crippen LogP contribution >= 0.6 is 11.6 Å². The minimum atomic E-state index is -5.08. The number of ether oxygens (including phenoxy) is 1. The highest BCUT2D eigenvalue weighted by Crippen LogP contribution is 2.33. The number of alkyl halides is 6. The van der Waals surface area contributed by atoms with Crippen LogP contribution in [0.4, 0.5) is 26.3 Å². The lowest BCUT2D eigenvalue weighted by atomic mass is 9.97. The molecule has 3 rings (SSSR count). The van der Waals surface area contributed by atoms with E-state index in [0.717, 1.165) is 21.9 Å². The summed E-state index contributed by atoms with van der Waals surface area (Å²) in [5.41, 5.74) is 14.3. The lowest BCUT2D eigenvalue weighted by Gasteiger charge is -2.17. The Hall–Kier alpha value is -3.89. The van der Waals surface area contributed by atoms with Crippen molar-refractivity contribution in [2.45, 2.75) is 18.4 Å². The van der Waals surface area contributed by atoms with E-state index < -0.39 is 42.9 Å². The third-order valence-corrected chi connectivity index (χ3v) is 4.46. The van der Waals surface area contributed by atoms with Gasteiger partial charge in [0.25, 0.3) is 0 Å². The number of benzene rings is 2. The molecular formula is C21H18ClF6N3O7. The predicted octanol–water partition coefficient (Wildman–Crippen LogP) is 3.73. The Morgan fingerprint density at radius 1 is 0.895 bits per heavy atom. The van der Waals surface area contributed by atoms with Gasteiger partial charge in [0.1, 0.15) is 5.75 Å². The Labute approximate surface area is 213 Å². The first-order valence-corrected chi connectivity index (χ1v) is 10.2. The monoisotopic (exact) mass is 573 g/mol. The van der Waals surface area contributed by atoms with Gasteiger partial charge in [-0.25, -0.2) is 19.4 Å². The maximum atomic E-state index is 10.7. The highest BCUT2D eigenvalue weighted by Gasteiger charge is 2.38. The van der Waals surface area contributed by atoms with E-state index in [2.05, 4.69) is 4.98 Å². The van der Waals surface area contributed by atoms with Crippen molar-refractivity contribution in [3.05, 3.63) is 47.0 Å². The Morgan fingerprint density at radius 3 is 1.87 bits per heavy atom. The van der Waals surface area contributed by atoms with Gasteiger partial charge in [0.15, 0.2) is 6.61 Å². The van der Waals surface area contributed by atoms with Gasteiger partial charge in [0.2, 0.25) is 0 Å². The minimum Gasteiger partial charge on any atom is -0.482 e. The molecule has 0 amide bonds. The topological polar surface area (TPSA) is 186 Å². The summed E-state index contributed by atoms with van der Waals surface area (Å²) in [5, 5.41) is 25.2. The molecule has 0 saturated heterocycles. The number of nitrogens with two attached hydrogens (primary N) is 2. The molecule has 1 heterocycles. The lowest BCUT2D eigenvalue weighted by molar-refractivity contribution is -0.193. The van der Waals surface area contributed by atoms with Gasteiger partial charge in [-0.3, -0.25) is 0 Å². The number of carbonyl (C=O) groups is 3. The van der Waals surface area contributed by atoms with Gasteiger partial charge < -0.3 is 31.5 Å². The number of pyridine rings is 1. The molecule has 1 atom stereocenters. The fraction of sp³-hybridized carbons (Fsp3) is 0.238. The first-order valence-electron chi connectivity index (χ1n) is 9.81. The summed E-state index contributed by atoms with van der Waals surface area (Å²) in [6.07, 6.45) is -10.2. The van der Waals surface area contributed by atoms with Crippen molar-refractivity contribution in [1.82, 2.24) is 4.98 Å². The van der Waals surface area contributed by atoms with Crippen molar-refractivity contribution in [3.63, 3.8) is 0 Å². The molecule has 38 heavy (non-hydrogen) atoms. The number of aromatic nitrogens is 1. The molecule has 17 heteroatoms. The van der Waals surface area contributed by atoms with Gasteiger partial charge >= 0.3 is 30.3 Å². The summed E-state index contributed by atoms with van der Waals surface area (Å²) in [6.45, 7) is -0.155. The SMILES string of the molecule is NCC(N)c1c2ccc(Cl)cc2nc2ccc(OCC(=O)O)cc12.O=C(O)C(F)(F)F.O=C(O)C(F)(F)F. The Balaban J connectivity index is 0.000000426.